The lowest BCUT2D eigenvalue weighted by Gasteiger charge is -2.14. The minimum absolute atomic E-state index is 0.224. The van der Waals surface area contributed by atoms with Gasteiger partial charge in [0.1, 0.15) is 11.9 Å². The highest BCUT2D eigenvalue weighted by Gasteiger charge is 2.32. The molecule has 1 N–H and O–H groups in total. The number of anilines is 1. The molecule has 1 fully saturated rings. The van der Waals surface area contributed by atoms with Crippen LogP contribution in [0.1, 0.15) is 0 Å². The van der Waals surface area contributed by atoms with Gasteiger partial charge in [-0.3, -0.25) is 9.88 Å². The number of rotatable bonds is 4. The van der Waals surface area contributed by atoms with E-state index in [1.807, 2.05) is 0 Å². The van der Waals surface area contributed by atoms with Gasteiger partial charge in [-0.25, -0.2) is 9.18 Å². The minimum atomic E-state index is -0.522. The summed E-state index contributed by atoms with van der Waals surface area (Å²) >= 11 is 4.88. The first-order valence-corrected chi connectivity index (χ1v) is 7.99. The molecule has 0 saturated carbocycles. The van der Waals surface area contributed by atoms with Crippen molar-refractivity contribution in [2.24, 2.45) is 0 Å². The maximum atomic E-state index is 14.5. The Morgan fingerprint density at radius 3 is 2.88 bits per heavy atom. The van der Waals surface area contributed by atoms with Crippen molar-refractivity contribution in [2.75, 3.05) is 25.1 Å². The fourth-order valence-electron chi connectivity index (χ4n) is 2.55. The number of methoxy groups -OCH3 is 1. The number of carbonyl (C=O) groups excluding carboxylic acids is 1. The predicted molar refractivity (Wildman–Crippen MR) is 94.9 cm³/mol. The second-order valence-electron chi connectivity index (χ2n) is 5.39. The van der Waals surface area contributed by atoms with E-state index in [2.05, 4.69) is 10.3 Å². The van der Waals surface area contributed by atoms with Gasteiger partial charge in [-0.05, 0) is 48.1 Å². The molecule has 2 aromatic rings. The Morgan fingerprint density at radius 1 is 1.44 bits per heavy atom. The Bertz CT molecular complexity index is 788. The quantitative estimate of drug-likeness (QED) is 0.845. The van der Waals surface area contributed by atoms with Gasteiger partial charge in [0.15, 0.2) is 0 Å². The Balaban J connectivity index is 1.73. The van der Waals surface area contributed by atoms with Crippen LogP contribution in [0, 0.1) is 5.82 Å². The third-order valence-corrected chi connectivity index (χ3v) is 4.10. The third-order valence-electron chi connectivity index (χ3n) is 3.79. The lowest BCUT2D eigenvalue weighted by Crippen LogP contribution is -2.34. The molecule has 1 aromatic carbocycles. The van der Waals surface area contributed by atoms with Gasteiger partial charge >= 0.3 is 6.09 Å². The van der Waals surface area contributed by atoms with Crippen LogP contribution in [0.2, 0.25) is 0 Å². The van der Waals surface area contributed by atoms with E-state index in [0.29, 0.717) is 24.3 Å². The Hall–Kier alpha value is -2.74. The van der Waals surface area contributed by atoms with E-state index in [9.17, 15) is 9.18 Å². The highest BCUT2D eigenvalue weighted by Crippen LogP contribution is 2.28. The topological polar surface area (TPSA) is 63.7 Å². The van der Waals surface area contributed by atoms with Crippen molar-refractivity contribution in [1.82, 2.24) is 10.3 Å². The van der Waals surface area contributed by atoms with Gasteiger partial charge in [-0.2, -0.15) is 0 Å². The smallest absolute Gasteiger partial charge is 0.414 e. The largest absolute Gasteiger partial charge is 0.474 e. The number of hydrogen-bond acceptors (Lipinski definition) is 5. The van der Waals surface area contributed by atoms with Crippen LogP contribution in [-0.4, -0.2) is 42.6 Å². The summed E-state index contributed by atoms with van der Waals surface area (Å²) in [5.41, 5.74) is 1.61. The highest BCUT2D eigenvalue weighted by atomic mass is 32.1. The van der Waals surface area contributed by atoms with Crippen LogP contribution in [0.4, 0.5) is 14.9 Å². The van der Waals surface area contributed by atoms with Crippen LogP contribution in [0.3, 0.4) is 0 Å². The number of pyridine rings is 1. The SMILES string of the molecule is COC(=S)NC[C@H]1CN(c2ccc(-c3ccncc3)c(F)c2)C(=O)O1. The van der Waals surface area contributed by atoms with E-state index in [0.717, 1.165) is 5.56 Å². The molecule has 8 heteroatoms. The van der Waals surface area contributed by atoms with E-state index in [1.54, 1.807) is 36.7 Å². The first-order valence-electron chi connectivity index (χ1n) is 7.58. The number of ether oxygens (including phenoxy) is 2. The van der Waals surface area contributed by atoms with Crippen LogP contribution in [0.25, 0.3) is 11.1 Å². The van der Waals surface area contributed by atoms with Crippen molar-refractivity contribution in [2.45, 2.75) is 6.10 Å². The molecule has 25 heavy (non-hydrogen) atoms. The zero-order valence-electron chi connectivity index (χ0n) is 13.4. The number of carbonyl (C=O) groups is 1. The Labute approximate surface area is 149 Å². The molecular weight excluding hydrogens is 345 g/mol. The van der Waals surface area contributed by atoms with Crippen molar-refractivity contribution in [3.8, 4) is 11.1 Å². The second kappa shape index (κ2) is 7.43. The van der Waals surface area contributed by atoms with Gasteiger partial charge in [-0.15, -0.1) is 0 Å². The summed E-state index contributed by atoms with van der Waals surface area (Å²) in [6, 6.07) is 8.10. The van der Waals surface area contributed by atoms with Crippen molar-refractivity contribution < 1.29 is 18.7 Å². The van der Waals surface area contributed by atoms with E-state index < -0.39 is 18.0 Å². The number of hydrogen-bond donors (Lipinski definition) is 1. The van der Waals surface area contributed by atoms with Crippen molar-refractivity contribution in [3.05, 3.63) is 48.5 Å². The fraction of sp³-hybridized carbons (Fsp3) is 0.235. The number of amides is 1. The van der Waals surface area contributed by atoms with Gasteiger partial charge in [-0.1, -0.05) is 0 Å². The monoisotopic (exact) mass is 361 g/mol. The molecule has 0 unspecified atom stereocenters. The summed E-state index contributed by atoms with van der Waals surface area (Å²) < 4.78 is 24.6. The molecule has 130 valence electrons. The lowest BCUT2D eigenvalue weighted by molar-refractivity contribution is 0.142. The molecule has 0 spiro atoms. The standard InChI is InChI=1S/C17H16FN3O3S/c1-23-16(25)20-9-13-10-21(17(22)24-13)12-2-3-14(15(18)8-12)11-4-6-19-7-5-11/h2-8,13H,9-10H2,1H3,(H,20,25)/t13-/m0/s1. The molecule has 2 heterocycles. The first-order chi connectivity index (χ1) is 12.1. The number of nitrogens with one attached hydrogen (secondary N) is 1. The molecule has 1 aliphatic heterocycles. The maximum Gasteiger partial charge on any atom is 0.414 e. The summed E-state index contributed by atoms with van der Waals surface area (Å²) in [5.74, 6) is -0.418. The Kier molecular flexibility index (Phi) is 5.08. The number of cyclic esters (lactones) is 1. The summed E-state index contributed by atoms with van der Waals surface area (Å²) in [5, 5.41) is 3.06. The van der Waals surface area contributed by atoms with Crippen LogP contribution in [-0.2, 0) is 9.47 Å². The molecule has 0 radical (unpaired) electrons. The molecule has 1 aliphatic rings. The summed E-state index contributed by atoms with van der Waals surface area (Å²) in [7, 11) is 1.45. The molecular formula is C17H16FN3O3S. The average Bonchev–Trinajstić information content (AvgIpc) is 3.01. The van der Waals surface area contributed by atoms with E-state index >= 15 is 0 Å². The number of benzene rings is 1. The van der Waals surface area contributed by atoms with Crippen LogP contribution in [0.15, 0.2) is 42.7 Å². The van der Waals surface area contributed by atoms with E-state index in [-0.39, 0.29) is 5.17 Å². The fourth-order valence-corrected chi connectivity index (χ4v) is 2.63. The van der Waals surface area contributed by atoms with Crippen molar-refractivity contribution in [3.63, 3.8) is 0 Å². The van der Waals surface area contributed by atoms with Crippen LogP contribution in [0.5, 0.6) is 0 Å². The third kappa shape index (κ3) is 3.85. The molecule has 1 amide bonds. The van der Waals surface area contributed by atoms with Gasteiger partial charge in [0, 0.05) is 18.0 Å². The maximum absolute atomic E-state index is 14.5. The summed E-state index contributed by atoms with van der Waals surface area (Å²) in [6.07, 6.45) is 2.28. The van der Waals surface area contributed by atoms with Gasteiger partial charge < -0.3 is 14.8 Å². The zero-order valence-corrected chi connectivity index (χ0v) is 14.3. The van der Waals surface area contributed by atoms with Gasteiger partial charge in [0.25, 0.3) is 5.17 Å². The molecule has 0 aliphatic carbocycles. The number of nitrogens with zero attached hydrogens (tertiary/aromatic N) is 2. The molecule has 1 atom stereocenters. The van der Waals surface area contributed by atoms with Gasteiger partial charge in [0.2, 0.25) is 0 Å². The average molecular weight is 361 g/mol. The Morgan fingerprint density at radius 2 is 2.20 bits per heavy atom. The summed E-state index contributed by atoms with van der Waals surface area (Å²) in [6.45, 7) is 0.624. The molecule has 1 saturated heterocycles. The van der Waals surface area contributed by atoms with Crippen molar-refractivity contribution in [1.29, 1.82) is 0 Å². The highest BCUT2D eigenvalue weighted by molar-refractivity contribution is 7.80. The zero-order chi connectivity index (χ0) is 17.8. The molecule has 0 bridgehead atoms. The number of thiocarbonyl (C=S) groups is 1. The van der Waals surface area contributed by atoms with Gasteiger partial charge in [0.05, 0.1) is 25.9 Å². The minimum Gasteiger partial charge on any atom is -0.474 e. The normalized spacial score (nSPS) is 16.5. The van der Waals surface area contributed by atoms with E-state index in [1.165, 1.54) is 18.1 Å². The van der Waals surface area contributed by atoms with Crippen molar-refractivity contribution >= 4 is 29.2 Å². The predicted octanol–water partition coefficient (Wildman–Crippen LogP) is 2.73. The summed E-state index contributed by atoms with van der Waals surface area (Å²) in [4.78, 5) is 17.4. The molecule has 3 rings (SSSR count). The lowest BCUT2D eigenvalue weighted by atomic mass is 10.1. The number of halogens is 1. The molecule has 6 nitrogen and oxygen atoms in total. The van der Waals surface area contributed by atoms with Crippen LogP contribution >= 0.6 is 12.2 Å². The number of aromatic nitrogens is 1. The molecule has 1 aromatic heterocycles. The second-order valence-corrected chi connectivity index (χ2v) is 5.76. The van der Waals surface area contributed by atoms with E-state index in [4.69, 9.17) is 21.7 Å². The first kappa shape index (κ1) is 17.1. The van der Waals surface area contributed by atoms with Crippen LogP contribution < -0.4 is 10.2 Å².